The number of nitrogens with zero attached hydrogens (tertiary/aromatic N) is 1. The second kappa shape index (κ2) is 9.65. The van der Waals surface area contributed by atoms with Crippen molar-refractivity contribution >= 4 is 21.6 Å². The smallest absolute Gasteiger partial charge is 0.241 e. The Bertz CT molecular complexity index is 926. The summed E-state index contributed by atoms with van der Waals surface area (Å²) in [5.41, 5.74) is 1.20. The molecular weight excluding hydrogens is 392 g/mol. The minimum Gasteiger partial charge on any atom is -0.496 e. The number of sulfonamides is 1. The van der Waals surface area contributed by atoms with Gasteiger partial charge in [0.2, 0.25) is 15.9 Å². The number of carbonyl (C=O) groups excluding carboxylic acids is 1. The highest BCUT2D eigenvalue weighted by molar-refractivity contribution is 7.92. The average Bonchev–Trinajstić information content (AvgIpc) is 2.65. The van der Waals surface area contributed by atoms with Gasteiger partial charge in [0.05, 0.1) is 31.2 Å². The van der Waals surface area contributed by atoms with Crippen LogP contribution in [0, 0.1) is 0 Å². The normalized spacial score (nSPS) is 12.3. The third-order valence-corrected chi connectivity index (χ3v) is 5.31. The van der Waals surface area contributed by atoms with Crippen LogP contribution in [-0.4, -0.2) is 40.3 Å². The number of hydrogen-bond acceptors (Lipinski definition) is 5. The molecule has 0 saturated carbocycles. The molecule has 2 rings (SSSR count). The molecule has 0 aliphatic carbocycles. The Morgan fingerprint density at radius 3 is 2.24 bits per heavy atom. The van der Waals surface area contributed by atoms with Crippen molar-refractivity contribution < 1.29 is 22.7 Å². The highest BCUT2D eigenvalue weighted by atomic mass is 32.2. The van der Waals surface area contributed by atoms with E-state index in [9.17, 15) is 13.2 Å². The number of anilines is 1. The first-order valence-corrected chi connectivity index (χ1v) is 11.1. The van der Waals surface area contributed by atoms with Crippen LogP contribution in [0.25, 0.3) is 0 Å². The Hall–Kier alpha value is -2.74. The van der Waals surface area contributed by atoms with Crippen LogP contribution < -0.4 is 19.1 Å². The van der Waals surface area contributed by atoms with E-state index in [1.807, 2.05) is 45.0 Å². The molecule has 1 amide bonds. The van der Waals surface area contributed by atoms with Crippen LogP contribution in [0.3, 0.4) is 0 Å². The summed E-state index contributed by atoms with van der Waals surface area (Å²) in [6.07, 6.45) is 1.08. The van der Waals surface area contributed by atoms with E-state index in [0.717, 1.165) is 16.1 Å². The summed E-state index contributed by atoms with van der Waals surface area (Å²) in [6.45, 7) is 5.30. The van der Waals surface area contributed by atoms with Crippen LogP contribution in [0.2, 0.25) is 0 Å². The summed E-state index contributed by atoms with van der Waals surface area (Å²) in [7, 11) is -2.09. The molecule has 0 spiro atoms. The molecule has 2 aromatic carbocycles. The molecule has 0 aliphatic rings. The molecule has 8 heteroatoms. The zero-order chi connectivity index (χ0) is 21.6. The Labute approximate surface area is 172 Å². The first kappa shape index (κ1) is 22.5. The molecular formula is C21H28N2O5S. The van der Waals surface area contributed by atoms with Crippen molar-refractivity contribution in [1.29, 1.82) is 0 Å². The van der Waals surface area contributed by atoms with Gasteiger partial charge in [-0.15, -0.1) is 0 Å². The zero-order valence-electron chi connectivity index (χ0n) is 17.4. The van der Waals surface area contributed by atoms with Gasteiger partial charge in [-0.25, -0.2) is 8.42 Å². The lowest BCUT2D eigenvalue weighted by atomic mass is 10.1. The Morgan fingerprint density at radius 1 is 1.07 bits per heavy atom. The Balaban J connectivity index is 2.15. The zero-order valence-corrected chi connectivity index (χ0v) is 18.2. The molecule has 1 atom stereocenters. The summed E-state index contributed by atoms with van der Waals surface area (Å²) >= 11 is 0. The third kappa shape index (κ3) is 6.39. The van der Waals surface area contributed by atoms with E-state index in [1.165, 1.54) is 0 Å². The number of benzene rings is 2. The maximum atomic E-state index is 12.6. The van der Waals surface area contributed by atoms with E-state index in [1.54, 1.807) is 31.4 Å². The minimum atomic E-state index is -3.66. The number of carbonyl (C=O) groups is 1. The van der Waals surface area contributed by atoms with Crippen LogP contribution in [0.5, 0.6) is 11.5 Å². The lowest BCUT2D eigenvalue weighted by Crippen LogP contribution is -2.41. The van der Waals surface area contributed by atoms with E-state index >= 15 is 0 Å². The molecule has 0 radical (unpaired) electrons. The van der Waals surface area contributed by atoms with Crippen LogP contribution >= 0.6 is 0 Å². The van der Waals surface area contributed by atoms with Crippen molar-refractivity contribution in [2.45, 2.75) is 32.9 Å². The predicted octanol–water partition coefficient (Wildman–Crippen LogP) is 3.13. The van der Waals surface area contributed by atoms with Gasteiger partial charge in [-0.1, -0.05) is 18.2 Å². The molecule has 0 saturated heterocycles. The molecule has 2 aromatic rings. The predicted molar refractivity (Wildman–Crippen MR) is 114 cm³/mol. The monoisotopic (exact) mass is 420 g/mol. The molecule has 29 heavy (non-hydrogen) atoms. The number of methoxy groups -OCH3 is 1. The lowest BCUT2D eigenvalue weighted by Gasteiger charge is -2.24. The van der Waals surface area contributed by atoms with Gasteiger partial charge in [-0.3, -0.25) is 9.10 Å². The largest absolute Gasteiger partial charge is 0.496 e. The van der Waals surface area contributed by atoms with Gasteiger partial charge < -0.3 is 14.8 Å². The number of ether oxygens (including phenoxy) is 2. The average molecular weight is 421 g/mol. The fourth-order valence-electron chi connectivity index (χ4n) is 2.88. The molecule has 1 unspecified atom stereocenters. The Morgan fingerprint density at radius 2 is 1.69 bits per heavy atom. The fourth-order valence-corrected chi connectivity index (χ4v) is 3.74. The molecule has 7 nitrogen and oxygen atoms in total. The quantitative estimate of drug-likeness (QED) is 0.674. The van der Waals surface area contributed by atoms with Crippen LogP contribution in [0.4, 0.5) is 5.69 Å². The summed E-state index contributed by atoms with van der Waals surface area (Å²) in [5.74, 6) is 0.865. The second-order valence-electron chi connectivity index (χ2n) is 6.96. The van der Waals surface area contributed by atoms with Crippen molar-refractivity contribution in [2.75, 3.05) is 24.2 Å². The van der Waals surface area contributed by atoms with Crippen molar-refractivity contribution in [3.63, 3.8) is 0 Å². The highest BCUT2D eigenvalue weighted by Gasteiger charge is 2.22. The minimum absolute atomic E-state index is 0.00843. The maximum Gasteiger partial charge on any atom is 0.241 e. The number of para-hydroxylation sites is 1. The van der Waals surface area contributed by atoms with Gasteiger partial charge in [0.15, 0.2) is 0 Å². The van der Waals surface area contributed by atoms with Gasteiger partial charge >= 0.3 is 0 Å². The van der Waals surface area contributed by atoms with Crippen molar-refractivity contribution in [1.82, 2.24) is 5.32 Å². The number of rotatable bonds is 9. The molecule has 0 bridgehead atoms. The highest BCUT2D eigenvalue weighted by Crippen LogP contribution is 2.25. The Kier molecular flexibility index (Phi) is 7.50. The fraction of sp³-hybridized carbons (Fsp3) is 0.381. The first-order valence-electron chi connectivity index (χ1n) is 9.28. The molecule has 158 valence electrons. The third-order valence-electron chi connectivity index (χ3n) is 4.17. The maximum absolute atomic E-state index is 12.6. The van der Waals surface area contributed by atoms with Gasteiger partial charge in [0.1, 0.15) is 18.0 Å². The van der Waals surface area contributed by atoms with Crippen molar-refractivity contribution in [3.05, 3.63) is 54.1 Å². The van der Waals surface area contributed by atoms with Gasteiger partial charge in [-0.05, 0) is 51.1 Å². The molecule has 0 heterocycles. The van der Waals surface area contributed by atoms with E-state index in [-0.39, 0.29) is 18.7 Å². The van der Waals surface area contributed by atoms with Crippen LogP contribution in [0.15, 0.2) is 48.5 Å². The molecule has 0 fully saturated rings. The standard InChI is InChI=1S/C21H28N2O5S/c1-15(2)28-18-12-10-17(11-13-18)23(29(5,25)26)14-21(24)22-16(3)19-8-6-7-9-20(19)27-4/h6-13,15-16H,14H2,1-5H3,(H,22,24). The van der Waals surface area contributed by atoms with Crippen LogP contribution in [-0.2, 0) is 14.8 Å². The van der Waals surface area contributed by atoms with Crippen molar-refractivity contribution in [2.24, 2.45) is 0 Å². The van der Waals surface area contributed by atoms with E-state index in [0.29, 0.717) is 17.2 Å². The SMILES string of the molecule is COc1ccccc1C(C)NC(=O)CN(c1ccc(OC(C)C)cc1)S(C)(=O)=O. The second-order valence-corrected chi connectivity index (χ2v) is 8.87. The summed E-state index contributed by atoms with van der Waals surface area (Å²) in [4.78, 5) is 12.6. The van der Waals surface area contributed by atoms with Gasteiger partial charge in [0.25, 0.3) is 0 Å². The topological polar surface area (TPSA) is 84.9 Å². The number of amides is 1. The van der Waals surface area contributed by atoms with E-state index in [4.69, 9.17) is 9.47 Å². The summed E-state index contributed by atoms with van der Waals surface area (Å²) in [6, 6.07) is 13.6. The van der Waals surface area contributed by atoms with Crippen LogP contribution in [0.1, 0.15) is 32.4 Å². The summed E-state index contributed by atoms with van der Waals surface area (Å²) < 4.78 is 36.5. The molecule has 0 aromatic heterocycles. The molecule has 0 aliphatic heterocycles. The molecule has 1 N–H and O–H groups in total. The van der Waals surface area contributed by atoms with E-state index in [2.05, 4.69) is 5.32 Å². The van der Waals surface area contributed by atoms with Crippen molar-refractivity contribution in [3.8, 4) is 11.5 Å². The van der Waals surface area contributed by atoms with Gasteiger partial charge in [0, 0.05) is 5.56 Å². The first-order chi connectivity index (χ1) is 13.6. The van der Waals surface area contributed by atoms with E-state index < -0.39 is 15.9 Å². The van der Waals surface area contributed by atoms with Gasteiger partial charge in [-0.2, -0.15) is 0 Å². The number of hydrogen-bond donors (Lipinski definition) is 1. The number of nitrogens with one attached hydrogen (secondary N) is 1. The lowest BCUT2D eigenvalue weighted by molar-refractivity contribution is -0.120. The summed E-state index contributed by atoms with van der Waals surface area (Å²) in [5, 5.41) is 2.83.